The van der Waals surface area contributed by atoms with Crippen LogP contribution in [-0.4, -0.2) is 24.9 Å². The number of benzene rings is 2. The van der Waals surface area contributed by atoms with E-state index in [1.807, 2.05) is 34.9 Å². The van der Waals surface area contributed by atoms with Gasteiger partial charge >= 0.3 is 0 Å². The van der Waals surface area contributed by atoms with E-state index in [4.69, 9.17) is 8.94 Å². The van der Waals surface area contributed by atoms with Gasteiger partial charge in [0.15, 0.2) is 16.7 Å². The Morgan fingerprint density at radius 1 is 0.935 bits per heavy atom. The van der Waals surface area contributed by atoms with Gasteiger partial charge in [-0.2, -0.15) is 4.98 Å². The summed E-state index contributed by atoms with van der Waals surface area (Å²) in [6, 6.07) is 20.0. The monoisotopic (exact) mass is 433 g/mol. The van der Waals surface area contributed by atoms with Crippen LogP contribution in [0.2, 0.25) is 0 Å². The summed E-state index contributed by atoms with van der Waals surface area (Å²) in [4.78, 5) is 4.35. The summed E-state index contributed by atoms with van der Waals surface area (Å²) in [6.07, 6.45) is 1.55. The molecule has 0 unspecified atom stereocenters. The second kappa shape index (κ2) is 8.57. The second-order valence-electron chi connectivity index (χ2n) is 6.64. The first kappa shape index (κ1) is 19.3. The lowest BCUT2D eigenvalue weighted by molar-refractivity contribution is 0.390. The zero-order valence-electron chi connectivity index (χ0n) is 16.2. The highest BCUT2D eigenvalue weighted by molar-refractivity contribution is 7.98. The predicted molar refractivity (Wildman–Crippen MR) is 113 cm³/mol. The average Bonchev–Trinajstić information content (AvgIpc) is 3.55. The van der Waals surface area contributed by atoms with Gasteiger partial charge in [0.1, 0.15) is 5.82 Å². The van der Waals surface area contributed by atoms with E-state index >= 15 is 0 Å². The van der Waals surface area contributed by atoms with Crippen molar-refractivity contribution in [2.75, 3.05) is 0 Å². The number of thioether (sulfide) groups is 1. The first-order valence-corrected chi connectivity index (χ1v) is 10.5. The third-order valence-corrected chi connectivity index (χ3v) is 5.50. The molecule has 7 nitrogen and oxygen atoms in total. The molecule has 0 atom stereocenters. The van der Waals surface area contributed by atoms with Crippen LogP contribution in [0, 0.1) is 5.82 Å². The number of furan rings is 1. The minimum Gasteiger partial charge on any atom is -0.461 e. The number of aromatic nitrogens is 5. The van der Waals surface area contributed by atoms with Gasteiger partial charge in [0.25, 0.3) is 0 Å². The average molecular weight is 433 g/mol. The summed E-state index contributed by atoms with van der Waals surface area (Å²) in [5.74, 6) is 1.86. The first-order valence-electron chi connectivity index (χ1n) is 9.49. The van der Waals surface area contributed by atoms with Gasteiger partial charge in [0.2, 0.25) is 11.7 Å². The smallest absolute Gasteiger partial charge is 0.238 e. The van der Waals surface area contributed by atoms with Crippen molar-refractivity contribution in [3.63, 3.8) is 0 Å². The predicted octanol–water partition coefficient (Wildman–Crippen LogP) is 5.07. The van der Waals surface area contributed by atoms with Crippen LogP contribution in [0.1, 0.15) is 11.5 Å². The molecule has 2 aromatic carbocycles. The molecule has 154 valence electrons. The fourth-order valence-electron chi connectivity index (χ4n) is 3.09. The SMILES string of the molecule is Fc1ccccc1-c1nnc(SCc2nc(-c3ccco3)no2)n1Cc1ccccc1. The Hall–Kier alpha value is -3.72. The maximum absolute atomic E-state index is 14.5. The molecule has 0 aliphatic heterocycles. The molecule has 3 heterocycles. The third kappa shape index (κ3) is 4.13. The topological polar surface area (TPSA) is 82.8 Å². The largest absolute Gasteiger partial charge is 0.461 e. The van der Waals surface area contributed by atoms with Crippen molar-refractivity contribution < 1.29 is 13.3 Å². The van der Waals surface area contributed by atoms with E-state index in [1.165, 1.54) is 17.8 Å². The Morgan fingerprint density at radius 2 is 1.77 bits per heavy atom. The molecule has 0 spiro atoms. The van der Waals surface area contributed by atoms with Crippen molar-refractivity contribution in [1.29, 1.82) is 0 Å². The Kier molecular flexibility index (Phi) is 5.32. The lowest BCUT2D eigenvalue weighted by Gasteiger charge is -2.10. The standard InChI is InChI=1S/C22H16FN5O2S/c23-17-10-5-4-9-16(17)21-25-26-22(28(21)13-15-7-2-1-3-8-15)31-14-19-24-20(27-30-19)18-11-6-12-29-18/h1-12H,13-14H2. The molecular weight excluding hydrogens is 417 g/mol. The van der Waals surface area contributed by atoms with Crippen molar-refractivity contribution >= 4 is 11.8 Å². The van der Waals surface area contributed by atoms with E-state index in [1.54, 1.807) is 36.6 Å². The third-order valence-electron chi connectivity index (χ3n) is 4.55. The maximum atomic E-state index is 14.5. The number of nitrogens with zero attached hydrogens (tertiary/aromatic N) is 5. The molecule has 5 rings (SSSR count). The van der Waals surface area contributed by atoms with Gasteiger partial charge in [-0.05, 0) is 29.8 Å². The molecule has 3 aromatic heterocycles. The number of hydrogen-bond donors (Lipinski definition) is 0. The molecule has 9 heteroatoms. The van der Waals surface area contributed by atoms with Crippen LogP contribution >= 0.6 is 11.8 Å². The van der Waals surface area contributed by atoms with E-state index in [2.05, 4.69) is 20.3 Å². The molecule has 0 N–H and O–H groups in total. The molecule has 0 saturated heterocycles. The van der Waals surface area contributed by atoms with E-state index in [0.717, 1.165) is 5.56 Å². The summed E-state index contributed by atoms with van der Waals surface area (Å²) in [7, 11) is 0. The van der Waals surface area contributed by atoms with Gasteiger partial charge in [-0.25, -0.2) is 4.39 Å². The highest BCUT2D eigenvalue weighted by atomic mass is 32.2. The van der Waals surface area contributed by atoms with E-state index in [-0.39, 0.29) is 5.82 Å². The molecule has 0 bridgehead atoms. The number of hydrogen-bond acceptors (Lipinski definition) is 7. The minimum atomic E-state index is -0.347. The Balaban J connectivity index is 1.43. The molecule has 5 aromatic rings. The summed E-state index contributed by atoms with van der Waals surface area (Å²) < 4.78 is 27.0. The fourth-order valence-corrected chi connectivity index (χ4v) is 3.87. The van der Waals surface area contributed by atoms with Gasteiger partial charge in [0, 0.05) is 0 Å². The van der Waals surface area contributed by atoms with Crippen molar-refractivity contribution in [2.24, 2.45) is 0 Å². The Bertz CT molecular complexity index is 1280. The van der Waals surface area contributed by atoms with Crippen LogP contribution in [0.25, 0.3) is 23.0 Å². The van der Waals surface area contributed by atoms with Gasteiger partial charge in [-0.3, -0.25) is 4.57 Å². The minimum absolute atomic E-state index is 0.347. The van der Waals surface area contributed by atoms with Crippen LogP contribution in [0.3, 0.4) is 0 Å². The molecule has 0 radical (unpaired) electrons. The van der Waals surface area contributed by atoms with Crippen LogP contribution in [0.15, 0.2) is 87.1 Å². The van der Waals surface area contributed by atoms with Gasteiger partial charge < -0.3 is 8.94 Å². The van der Waals surface area contributed by atoms with Gasteiger partial charge in [-0.1, -0.05) is 59.4 Å². The lowest BCUT2D eigenvalue weighted by atomic mass is 10.2. The summed E-state index contributed by atoms with van der Waals surface area (Å²) in [5, 5.41) is 13.1. The second-order valence-corrected chi connectivity index (χ2v) is 7.58. The summed E-state index contributed by atoms with van der Waals surface area (Å²) in [5.41, 5.74) is 1.45. The van der Waals surface area contributed by atoms with Crippen molar-refractivity contribution in [3.05, 3.63) is 90.3 Å². The van der Waals surface area contributed by atoms with Gasteiger partial charge in [0.05, 0.1) is 24.1 Å². The molecule has 0 aliphatic rings. The summed E-state index contributed by atoms with van der Waals surface area (Å²) >= 11 is 1.39. The molecule has 0 fully saturated rings. The molecule has 0 aliphatic carbocycles. The fraction of sp³-hybridized carbons (Fsp3) is 0.0909. The molecule has 31 heavy (non-hydrogen) atoms. The van der Waals surface area contributed by atoms with Crippen LogP contribution in [0.5, 0.6) is 0 Å². The van der Waals surface area contributed by atoms with Crippen molar-refractivity contribution in [3.8, 4) is 23.0 Å². The summed E-state index contributed by atoms with van der Waals surface area (Å²) in [6.45, 7) is 0.501. The Labute approximate surface area is 180 Å². The zero-order valence-corrected chi connectivity index (χ0v) is 17.0. The highest BCUT2D eigenvalue weighted by Gasteiger charge is 2.19. The lowest BCUT2D eigenvalue weighted by Crippen LogP contribution is -2.05. The van der Waals surface area contributed by atoms with Crippen molar-refractivity contribution in [2.45, 2.75) is 17.5 Å². The maximum Gasteiger partial charge on any atom is 0.238 e. The number of rotatable bonds is 7. The Morgan fingerprint density at radius 3 is 2.58 bits per heavy atom. The highest BCUT2D eigenvalue weighted by Crippen LogP contribution is 2.29. The molecule has 0 saturated carbocycles. The zero-order chi connectivity index (χ0) is 21.0. The van der Waals surface area contributed by atoms with Crippen LogP contribution < -0.4 is 0 Å². The van der Waals surface area contributed by atoms with Gasteiger partial charge in [-0.15, -0.1) is 10.2 Å². The normalized spacial score (nSPS) is 11.1. The first-order chi connectivity index (χ1) is 15.3. The van der Waals surface area contributed by atoms with Crippen molar-refractivity contribution in [1.82, 2.24) is 24.9 Å². The molecule has 0 amide bonds. The van der Waals surface area contributed by atoms with Crippen LogP contribution in [-0.2, 0) is 12.3 Å². The van der Waals surface area contributed by atoms with E-state index < -0.39 is 0 Å². The van der Waals surface area contributed by atoms with E-state index in [9.17, 15) is 4.39 Å². The number of halogens is 1. The molecular formula is C22H16FN5O2S. The quantitative estimate of drug-likeness (QED) is 0.332. The van der Waals surface area contributed by atoms with E-state index in [0.29, 0.717) is 46.3 Å². The van der Waals surface area contributed by atoms with Crippen LogP contribution in [0.4, 0.5) is 4.39 Å².